The molecule has 0 amide bonds. The number of rotatable bonds is 6. The summed E-state index contributed by atoms with van der Waals surface area (Å²) < 4.78 is 10.9. The zero-order chi connectivity index (χ0) is 13.5. The Morgan fingerprint density at radius 1 is 1.21 bits per heavy atom. The Balaban J connectivity index is 1.78. The summed E-state index contributed by atoms with van der Waals surface area (Å²) in [6.07, 6.45) is 5.93. The van der Waals surface area contributed by atoms with Crippen molar-refractivity contribution in [2.45, 2.75) is 38.2 Å². The third-order valence-electron chi connectivity index (χ3n) is 3.85. The average Bonchev–Trinajstić information content (AvgIpc) is 2.48. The van der Waals surface area contributed by atoms with Gasteiger partial charge >= 0.3 is 0 Å². The van der Waals surface area contributed by atoms with Gasteiger partial charge < -0.3 is 14.6 Å². The molecule has 106 valence electrons. The highest BCUT2D eigenvalue weighted by atomic mass is 16.5. The largest absolute Gasteiger partial charge is 0.496 e. The van der Waals surface area contributed by atoms with Gasteiger partial charge in [-0.15, -0.1) is 0 Å². The summed E-state index contributed by atoms with van der Waals surface area (Å²) >= 11 is 0. The van der Waals surface area contributed by atoms with Gasteiger partial charge in [-0.05, 0) is 24.8 Å². The lowest BCUT2D eigenvalue weighted by Crippen LogP contribution is -2.16. The summed E-state index contributed by atoms with van der Waals surface area (Å²) in [5.74, 6) is 1.40. The molecule has 0 heterocycles. The number of benzene rings is 1. The Morgan fingerprint density at radius 2 is 1.95 bits per heavy atom. The molecule has 0 bridgehead atoms. The summed E-state index contributed by atoms with van der Waals surface area (Å²) in [4.78, 5) is 0. The number of hydrogen-bond donors (Lipinski definition) is 1. The Labute approximate surface area is 115 Å². The van der Waals surface area contributed by atoms with Crippen LogP contribution in [-0.4, -0.2) is 25.4 Å². The molecule has 3 heteroatoms. The van der Waals surface area contributed by atoms with Crippen LogP contribution in [-0.2, 0) is 4.74 Å². The first-order chi connectivity index (χ1) is 9.31. The topological polar surface area (TPSA) is 38.7 Å². The third kappa shape index (κ3) is 4.22. The molecule has 3 nitrogen and oxygen atoms in total. The van der Waals surface area contributed by atoms with Crippen LogP contribution >= 0.6 is 0 Å². The zero-order valence-corrected chi connectivity index (χ0v) is 11.7. The molecule has 1 aliphatic rings. The van der Waals surface area contributed by atoms with Gasteiger partial charge in [-0.3, -0.25) is 0 Å². The molecule has 0 saturated heterocycles. The first kappa shape index (κ1) is 14.4. The second-order valence-corrected chi connectivity index (χ2v) is 5.30. The van der Waals surface area contributed by atoms with Gasteiger partial charge in [0.2, 0.25) is 0 Å². The molecule has 1 atom stereocenters. The maximum absolute atomic E-state index is 10.2. The molecule has 0 spiro atoms. The van der Waals surface area contributed by atoms with E-state index in [0.29, 0.717) is 12.5 Å². The average molecular weight is 264 g/mol. The van der Waals surface area contributed by atoms with Gasteiger partial charge in [0.1, 0.15) is 11.9 Å². The molecule has 0 aliphatic heterocycles. The van der Waals surface area contributed by atoms with Gasteiger partial charge in [-0.1, -0.05) is 37.5 Å². The Morgan fingerprint density at radius 3 is 2.68 bits per heavy atom. The minimum atomic E-state index is -0.611. The maximum atomic E-state index is 10.2. The van der Waals surface area contributed by atoms with Gasteiger partial charge in [0, 0.05) is 12.2 Å². The molecule has 1 unspecified atom stereocenters. The molecule has 0 aromatic heterocycles. The van der Waals surface area contributed by atoms with Crippen molar-refractivity contribution < 1.29 is 14.6 Å². The van der Waals surface area contributed by atoms with E-state index in [1.165, 1.54) is 32.1 Å². The number of para-hydroxylation sites is 1. The SMILES string of the molecule is COc1ccccc1C(O)COCC1CCCCC1. The van der Waals surface area contributed by atoms with Gasteiger partial charge in [0.25, 0.3) is 0 Å². The van der Waals surface area contributed by atoms with Crippen molar-refractivity contribution in [1.29, 1.82) is 0 Å². The molecule has 1 fully saturated rings. The van der Waals surface area contributed by atoms with E-state index in [0.717, 1.165) is 17.9 Å². The number of aliphatic hydroxyl groups is 1. The zero-order valence-electron chi connectivity index (χ0n) is 11.7. The van der Waals surface area contributed by atoms with E-state index < -0.39 is 6.10 Å². The molecule has 1 saturated carbocycles. The molecule has 0 radical (unpaired) electrons. The van der Waals surface area contributed by atoms with Crippen LogP contribution in [0.4, 0.5) is 0 Å². The normalized spacial score (nSPS) is 18.2. The number of methoxy groups -OCH3 is 1. The van der Waals surface area contributed by atoms with Gasteiger partial charge in [-0.2, -0.15) is 0 Å². The number of ether oxygens (including phenoxy) is 2. The smallest absolute Gasteiger partial charge is 0.124 e. The predicted octanol–water partition coefficient (Wildman–Crippen LogP) is 3.33. The van der Waals surface area contributed by atoms with Crippen molar-refractivity contribution in [2.75, 3.05) is 20.3 Å². The van der Waals surface area contributed by atoms with Crippen molar-refractivity contribution >= 4 is 0 Å². The summed E-state index contributed by atoms with van der Waals surface area (Å²) in [6.45, 7) is 1.11. The van der Waals surface area contributed by atoms with Gasteiger partial charge in [-0.25, -0.2) is 0 Å². The number of hydrogen-bond acceptors (Lipinski definition) is 3. The van der Waals surface area contributed by atoms with Crippen LogP contribution in [0.1, 0.15) is 43.8 Å². The van der Waals surface area contributed by atoms with Crippen LogP contribution in [0.15, 0.2) is 24.3 Å². The van der Waals surface area contributed by atoms with Gasteiger partial charge in [0.15, 0.2) is 0 Å². The second kappa shape index (κ2) is 7.51. The Hall–Kier alpha value is -1.06. The van der Waals surface area contributed by atoms with Crippen molar-refractivity contribution in [3.05, 3.63) is 29.8 Å². The minimum absolute atomic E-state index is 0.344. The lowest BCUT2D eigenvalue weighted by molar-refractivity contribution is 0.0138. The Bertz CT molecular complexity index is 372. The quantitative estimate of drug-likeness (QED) is 0.856. The van der Waals surface area contributed by atoms with E-state index in [1.807, 2.05) is 24.3 Å². The van der Waals surface area contributed by atoms with Crippen LogP contribution in [0, 0.1) is 5.92 Å². The van der Waals surface area contributed by atoms with Crippen molar-refractivity contribution in [2.24, 2.45) is 5.92 Å². The van der Waals surface area contributed by atoms with E-state index >= 15 is 0 Å². The molecule has 1 N–H and O–H groups in total. The highest BCUT2D eigenvalue weighted by Crippen LogP contribution is 2.26. The predicted molar refractivity (Wildman–Crippen MR) is 75.3 cm³/mol. The second-order valence-electron chi connectivity index (χ2n) is 5.30. The molecular weight excluding hydrogens is 240 g/mol. The first-order valence-corrected chi connectivity index (χ1v) is 7.20. The lowest BCUT2D eigenvalue weighted by Gasteiger charge is -2.22. The summed E-state index contributed by atoms with van der Waals surface area (Å²) in [5.41, 5.74) is 0.800. The van der Waals surface area contributed by atoms with Crippen molar-refractivity contribution in [1.82, 2.24) is 0 Å². The van der Waals surface area contributed by atoms with Crippen molar-refractivity contribution in [3.63, 3.8) is 0 Å². The highest BCUT2D eigenvalue weighted by molar-refractivity contribution is 5.34. The molecular formula is C16H24O3. The van der Waals surface area contributed by atoms with Crippen LogP contribution in [0.2, 0.25) is 0 Å². The minimum Gasteiger partial charge on any atom is -0.496 e. The lowest BCUT2D eigenvalue weighted by atomic mass is 9.90. The van der Waals surface area contributed by atoms with Crippen LogP contribution < -0.4 is 4.74 Å². The Kier molecular flexibility index (Phi) is 5.67. The highest BCUT2D eigenvalue weighted by Gasteiger charge is 2.16. The van der Waals surface area contributed by atoms with Crippen LogP contribution in [0.5, 0.6) is 5.75 Å². The van der Waals surface area contributed by atoms with Crippen LogP contribution in [0.3, 0.4) is 0 Å². The molecule has 2 rings (SSSR count). The maximum Gasteiger partial charge on any atom is 0.124 e. The number of aliphatic hydroxyl groups excluding tert-OH is 1. The fraction of sp³-hybridized carbons (Fsp3) is 0.625. The molecule has 1 aliphatic carbocycles. The van der Waals surface area contributed by atoms with E-state index in [9.17, 15) is 5.11 Å². The molecule has 1 aromatic rings. The molecule has 1 aromatic carbocycles. The fourth-order valence-corrected chi connectivity index (χ4v) is 2.73. The van der Waals surface area contributed by atoms with E-state index in [-0.39, 0.29) is 0 Å². The van der Waals surface area contributed by atoms with Crippen LogP contribution in [0.25, 0.3) is 0 Å². The summed E-state index contributed by atoms with van der Waals surface area (Å²) in [5, 5.41) is 10.2. The van der Waals surface area contributed by atoms with Gasteiger partial charge in [0.05, 0.1) is 13.7 Å². The first-order valence-electron chi connectivity index (χ1n) is 7.20. The van der Waals surface area contributed by atoms with E-state index in [4.69, 9.17) is 9.47 Å². The van der Waals surface area contributed by atoms with E-state index in [1.54, 1.807) is 7.11 Å². The summed E-state index contributed by atoms with van der Waals surface area (Å²) in [7, 11) is 1.62. The molecule has 19 heavy (non-hydrogen) atoms. The fourth-order valence-electron chi connectivity index (χ4n) is 2.73. The van der Waals surface area contributed by atoms with E-state index in [2.05, 4.69) is 0 Å². The standard InChI is InChI=1S/C16H24O3/c1-18-16-10-6-5-9-14(16)15(17)12-19-11-13-7-3-2-4-8-13/h5-6,9-10,13,15,17H,2-4,7-8,11-12H2,1H3. The third-order valence-corrected chi connectivity index (χ3v) is 3.85. The van der Waals surface area contributed by atoms with Crippen molar-refractivity contribution in [3.8, 4) is 5.75 Å². The monoisotopic (exact) mass is 264 g/mol. The summed E-state index contributed by atoms with van der Waals surface area (Å²) in [6, 6.07) is 7.55.